The molecular formula is C12H19NO. The Kier molecular flexibility index (Phi) is 3.50. The highest BCUT2D eigenvalue weighted by atomic mass is 16.5. The predicted molar refractivity (Wildman–Crippen MR) is 58.8 cm³/mol. The molecule has 0 spiro atoms. The lowest BCUT2D eigenvalue weighted by Crippen LogP contribution is -2.07. The molecule has 0 aliphatic rings. The van der Waals surface area contributed by atoms with Gasteiger partial charge in [-0.1, -0.05) is 13.8 Å². The SMILES string of the molecule is Cc1cc(C(C)C)ncc1OC(C)C. The second-order valence-electron chi connectivity index (χ2n) is 4.20. The van der Waals surface area contributed by atoms with Crippen molar-refractivity contribution in [1.29, 1.82) is 0 Å². The third-order valence-corrected chi connectivity index (χ3v) is 2.04. The van der Waals surface area contributed by atoms with Crippen LogP contribution < -0.4 is 4.74 Å². The fraction of sp³-hybridized carbons (Fsp3) is 0.583. The Hall–Kier alpha value is -1.05. The van der Waals surface area contributed by atoms with E-state index in [0.29, 0.717) is 5.92 Å². The first-order valence-corrected chi connectivity index (χ1v) is 5.14. The van der Waals surface area contributed by atoms with Gasteiger partial charge in [0.05, 0.1) is 12.3 Å². The Morgan fingerprint density at radius 2 is 1.86 bits per heavy atom. The molecule has 1 aromatic rings. The van der Waals surface area contributed by atoms with Gasteiger partial charge in [0.2, 0.25) is 0 Å². The molecule has 1 heterocycles. The van der Waals surface area contributed by atoms with Crippen LogP contribution in [0.4, 0.5) is 0 Å². The van der Waals surface area contributed by atoms with E-state index < -0.39 is 0 Å². The summed E-state index contributed by atoms with van der Waals surface area (Å²) < 4.78 is 5.62. The quantitative estimate of drug-likeness (QED) is 0.734. The maximum absolute atomic E-state index is 5.62. The lowest BCUT2D eigenvalue weighted by Gasteiger charge is -2.13. The van der Waals surface area contributed by atoms with Crippen LogP contribution in [-0.4, -0.2) is 11.1 Å². The van der Waals surface area contributed by atoms with Crippen molar-refractivity contribution in [2.75, 3.05) is 0 Å². The smallest absolute Gasteiger partial charge is 0.140 e. The van der Waals surface area contributed by atoms with Crippen molar-refractivity contribution in [3.8, 4) is 5.75 Å². The van der Waals surface area contributed by atoms with Crippen LogP contribution >= 0.6 is 0 Å². The van der Waals surface area contributed by atoms with Crippen molar-refractivity contribution in [1.82, 2.24) is 4.98 Å². The molecule has 0 aliphatic carbocycles. The molecule has 0 saturated carbocycles. The van der Waals surface area contributed by atoms with E-state index in [1.807, 2.05) is 20.0 Å². The summed E-state index contributed by atoms with van der Waals surface area (Å²) in [5.41, 5.74) is 2.29. The van der Waals surface area contributed by atoms with Crippen LogP contribution in [-0.2, 0) is 0 Å². The zero-order valence-corrected chi connectivity index (χ0v) is 9.66. The summed E-state index contributed by atoms with van der Waals surface area (Å²) in [4.78, 5) is 4.37. The van der Waals surface area contributed by atoms with Crippen LogP contribution in [0, 0.1) is 6.92 Å². The second-order valence-corrected chi connectivity index (χ2v) is 4.20. The van der Waals surface area contributed by atoms with E-state index in [0.717, 1.165) is 17.0 Å². The van der Waals surface area contributed by atoms with Crippen LogP contribution in [0.2, 0.25) is 0 Å². The van der Waals surface area contributed by atoms with E-state index in [-0.39, 0.29) is 6.10 Å². The summed E-state index contributed by atoms with van der Waals surface area (Å²) in [6, 6.07) is 2.10. The molecule has 14 heavy (non-hydrogen) atoms. The second kappa shape index (κ2) is 4.45. The Morgan fingerprint density at radius 3 is 2.29 bits per heavy atom. The van der Waals surface area contributed by atoms with Gasteiger partial charge in [-0.2, -0.15) is 0 Å². The maximum Gasteiger partial charge on any atom is 0.140 e. The van der Waals surface area contributed by atoms with Gasteiger partial charge < -0.3 is 4.74 Å². The average molecular weight is 193 g/mol. The van der Waals surface area contributed by atoms with Gasteiger partial charge in [0, 0.05) is 5.69 Å². The third-order valence-electron chi connectivity index (χ3n) is 2.04. The van der Waals surface area contributed by atoms with Crippen LogP contribution in [0.15, 0.2) is 12.3 Å². The van der Waals surface area contributed by atoms with Crippen molar-refractivity contribution in [2.24, 2.45) is 0 Å². The van der Waals surface area contributed by atoms with Crippen LogP contribution in [0.5, 0.6) is 5.75 Å². The predicted octanol–water partition coefficient (Wildman–Crippen LogP) is 3.30. The van der Waals surface area contributed by atoms with Crippen molar-refractivity contribution < 1.29 is 4.74 Å². The molecule has 2 nitrogen and oxygen atoms in total. The van der Waals surface area contributed by atoms with Gasteiger partial charge in [0.25, 0.3) is 0 Å². The number of aromatic nitrogens is 1. The van der Waals surface area contributed by atoms with Gasteiger partial charge in [-0.05, 0) is 38.3 Å². The number of aryl methyl sites for hydroxylation is 1. The van der Waals surface area contributed by atoms with Crippen LogP contribution in [0.25, 0.3) is 0 Å². The third kappa shape index (κ3) is 2.72. The Bertz CT molecular complexity index is 305. The zero-order chi connectivity index (χ0) is 10.7. The van der Waals surface area contributed by atoms with Crippen LogP contribution in [0.1, 0.15) is 44.9 Å². The van der Waals surface area contributed by atoms with E-state index in [2.05, 4.69) is 31.8 Å². The number of hydrogen-bond donors (Lipinski definition) is 0. The molecule has 0 bridgehead atoms. The summed E-state index contributed by atoms with van der Waals surface area (Å²) >= 11 is 0. The first-order valence-electron chi connectivity index (χ1n) is 5.14. The molecule has 2 heteroatoms. The largest absolute Gasteiger partial charge is 0.489 e. The minimum Gasteiger partial charge on any atom is -0.489 e. The lowest BCUT2D eigenvalue weighted by atomic mass is 10.1. The number of ether oxygens (including phenoxy) is 1. The van der Waals surface area contributed by atoms with Gasteiger partial charge in [-0.15, -0.1) is 0 Å². The highest BCUT2D eigenvalue weighted by Crippen LogP contribution is 2.21. The number of rotatable bonds is 3. The molecule has 1 rings (SSSR count). The first-order chi connectivity index (χ1) is 6.50. The molecule has 0 aliphatic heterocycles. The monoisotopic (exact) mass is 193 g/mol. The van der Waals surface area contributed by atoms with E-state index in [1.165, 1.54) is 0 Å². The Balaban J connectivity index is 2.90. The van der Waals surface area contributed by atoms with Gasteiger partial charge in [-0.3, -0.25) is 4.98 Å². The van der Waals surface area contributed by atoms with Crippen molar-refractivity contribution in [3.63, 3.8) is 0 Å². The summed E-state index contributed by atoms with van der Waals surface area (Å²) in [5.74, 6) is 1.37. The van der Waals surface area contributed by atoms with Gasteiger partial charge in [-0.25, -0.2) is 0 Å². The van der Waals surface area contributed by atoms with Crippen molar-refractivity contribution >= 4 is 0 Å². The highest BCUT2D eigenvalue weighted by Gasteiger charge is 2.06. The van der Waals surface area contributed by atoms with Crippen LogP contribution in [0.3, 0.4) is 0 Å². The fourth-order valence-corrected chi connectivity index (χ4v) is 1.26. The highest BCUT2D eigenvalue weighted by molar-refractivity contribution is 5.32. The summed E-state index contributed by atoms with van der Waals surface area (Å²) in [7, 11) is 0. The molecule has 1 aromatic heterocycles. The maximum atomic E-state index is 5.62. The van der Waals surface area contributed by atoms with Gasteiger partial charge >= 0.3 is 0 Å². The molecule has 78 valence electrons. The van der Waals surface area contributed by atoms with Gasteiger partial charge in [0.15, 0.2) is 0 Å². The Morgan fingerprint density at radius 1 is 1.21 bits per heavy atom. The average Bonchev–Trinajstić information content (AvgIpc) is 2.07. The van der Waals surface area contributed by atoms with Gasteiger partial charge in [0.1, 0.15) is 5.75 Å². The molecule has 0 unspecified atom stereocenters. The summed E-state index contributed by atoms with van der Waals surface area (Å²) in [6.45, 7) is 10.4. The molecule has 0 aromatic carbocycles. The molecule has 0 atom stereocenters. The molecular weight excluding hydrogens is 174 g/mol. The molecule has 0 saturated heterocycles. The standard InChI is InChI=1S/C12H19NO/c1-8(2)11-6-10(5)12(7-13-11)14-9(3)4/h6-9H,1-5H3. The first kappa shape index (κ1) is 11.0. The van der Waals surface area contributed by atoms with E-state index in [4.69, 9.17) is 4.74 Å². The Labute approximate surface area is 86.3 Å². The summed E-state index contributed by atoms with van der Waals surface area (Å²) in [5, 5.41) is 0. The summed E-state index contributed by atoms with van der Waals surface area (Å²) in [6.07, 6.45) is 2.03. The minimum absolute atomic E-state index is 0.209. The zero-order valence-electron chi connectivity index (χ0n) is 9.66. The van der Waals surface area contributed by atoms with E-state index in [1.54, 1.807) is 0 Å². The normalized spacial score (nSPS) is 11.1. The molecule has 0 amide bonds. The van der Waals surface area contributed by atoms with E-state index >= 15 is 0 Å². The molecule has 0 N–H and O–H groups in total. The topological polar surface area (TPSA) is 22.1 Å². The number of nitrogens with zero attached hydrogens (tertiary/aromatic N) is 1. The van der Waals surface area contributed by atoms with E-state index in [9.17, 15) is 0 Å². The molecule has 0 fully saturated rings. The van der Waals surface area contributed by atoms with Crippen molar-refractivity contribution in [3.05, 3.63) is 23.5 Å². The lowest BCUT2D eigenvalue weighted by molar-refractivity contribution is 0.239. The van der Waals surface area contributed by atoms with Crippen molar-refractivity contribution in [2.45, 2.75) is 46.6 Å². The number of hydrogen-bond acceptors (Lipinski definition) is 2. The fourth-order valence-electron chi connectivity index (χ4n) is 1.26. The number of pyridine rings is 1. The molecule has 0 radical (unpaired) electrons. The minimum atomic E-state index is 0.209.